The van der Waals surface area contributed by atoms with Gasteiger partial charge in [0.25, 0.3) is 0 Å². The van der Waals surface area contributed by atoms with E-state index in [-0.39, 0.29) is 5.41 Å². The molecule has 0 saturated carbocycles. The van der Waals surface area contributed by atoms with E-state index < -0.39 is 0 Å². The summed E-state index contributed by atoms with van der Waals surface area (Å²) in [6.45, 7) is 6.97. The first-order valence-corrected chi connectivity index (χ1v) is 4.69. The fraction of sp³-hybridized carbons (Fsp3) is 0.417. The lowest BCUT2D eigenvalue weighted by Gasteiger charge is -2.18. The van der Waals surface area contributed by atoms with Crippen LogP contribution in [-0.2, 0) is 0 Å². The van der Waals surface area contributed by atoms with E-state index in [4.69, 9.17) is 4.74 Å². The van der Waals surface area contributed by atoms with E-state index in [2.05, 4.69) is 20.8 Å². The van der Waals surface area contributed by atoms with Gasteiger partial charge in [0, 0.05) is 5.56 Å². The zero-order valence-electron chi connectivity index (χ0n) is 8.91. The van der Waals surface area contributed by atoms with Crippen LogP contribution in [0, 0.1) is 5.41 Å². The molecule has 0 atom stereocenters. The minimum absolute atomic E-state index is 0.136. The Morgan fingerprint density at radius 2 is 2.07 bits per heavy atom. The number of carbonyl (C=O) groups is 1. The van der Waals surface area contributed by atoms with Crippen molar-refractivity contribution in [2.75, 3.05) is 6.61 Å². The van der Waals surface area contributed by atoms with Crippen LogP contribution in [0.3, 0.4) is 0 Å². The quantitative estimate of drug-likeness (QED) is 0.688. The van der Waals surface area contributed by atoms with Crippen molar-refractivity contribution in [3.05, 3.63) is 29.8 Å². The van der Waals surface area contributed by atoms with E-state index in [9.17, 15) is 4.79 Å². The Kier molecular flexibility index (Phi) is 3.28. The van der Waals surface area contributed by atoms with Crippen LogP contribution in [0.2, 0.25) is 0 Å². The van der Waals surface area contributed by atoms with Gasteiger partial charge in [-0.05, 0) is 17.5 Å². The van der Waals surface area contributed by atoms with E-state index in [1.165, 1.54) is 0 Å². The predicted octanol–water partition coefficient (Wildman–Crippen LogP) is 2.92. The Balaban J connectivity index is 2.63. The smallest absolute Gasteiger partial charge is 0.150 e. The second kappa shape index (κ2) is 4.27. The lowest BCUT2D eigenvalue weighted by Crippen LogP contribution is -2.16. The Morgan fingerprint density at radius 1 is 1.36 bits per heavy atom. The van der Waals surface area contributed by atoms with Gasteiger partial charge in [-0.2, -0.15) is 0 Å². The number of benzene rings is 1. The predicted molar refractivity (Wildman–Crippen MR) is 56.8 cm³/mol. The molecule has 0 unspecified atom stereocenters. The molecule has 0 aliphatic heterocycles. The van der Waals surface area contributed by atoms with Crippen molar-refractivity contribution in [3.8, 4) is 5.75 Å². The van der Waals surface area contributed by atoms with Crippen molar-refractivity contribution >= 4 is 6.29 Å². The van der Waals surface area contributed by atoms with Crippen molar-refractivity contribution in [3.63, 3.8) is 0 Å². The topological polar surface area (TPSA) is 26.3 Å². The molecule has 1 aromatic rings. The maximum Gasteiger partial charge on any atom is 0.150 e. The van der Waals surface area contributed by atoms with Crippen LogP contribution in [0.4, 0.5) is 0 Å². The van der Waals surface area contributed by atoms with Gasteiger partial charge in [0.2, 0.25) is 0 Å². The fourth-order valence-electron chi connectivity index (χ4n) is 0.977. The SMILES string of the molecule is CC(C)(C)COc1cccc(C=O)c1. The Labute approximate surface area is 84.9 Å². The van der Waals surface area contributed by atoms with Gasteiger partial charge in [-0.3, -0.25) is 4.79 Å². The summed E-state index contributed by atoms with van der Waals surface area (Å²) in [4.78, 5) is 10.5. The third-order valence-corrected chi connectivity index (χ3v) is 1.67. The third kappa shape index (κ3) is 3.60. The van der Waals surface area contributed by atoms with E-state index in [1.54, 1.807) is 12.1 Å². The molecule has 2 heteroatoms. The first-order chi connectivity index (χ1) is 6.51. The first kappa shape index (κ1) is 10.8. The summed E-state index contributed by atoms with van der Waals surface area (Å²) in [5.41, 5.74) is 0.786. The largest absolute Gasteiger partial charge is 0.493 e. The summed E-state index contributed by atoms with van der Waals surface area (Å²) in [5.74, 6) is 0.754. The minimum Gasteiger partial charge on any atom is -0.493 e. The van der Waals surface area contributed by atoms with Crippen LogP contribution >= 0.6 is 0 Å². The molecular formula is C12H16O2. The summed E-state index contributed by atoms with van der Waals surface area (Å²) >= 11 is 0. The lowest BCUT2D eigenvalue weighted by molar-refractivity contribution is 0.112. The highest BCUT2D eigenvalue weighted by Crippen LogP contribution is 2.18. The molecule has 0 heterocycles. The van der Waals surface area contributed by atoms with Gasteiger partial charge in [0.05, 0.1) is 6.61 Å². The van der Waals surface area contributed by atoms with Crippen molar-refractivity contribution in [2.24, 2.45) is 5.41 Å². The van der Waals surface area contributed by atoms with Gasteiger partial charge >= 0.3 is 0 Å². The molecular weight excluding hydrogens is 176 g/mol. The highest BCUT2D eigenvalue weighted by Gasteiger charge is 2.10. The molecule has 2 nitrogen and oxygen atoms in total. The van der Waals surface area contributed by atoms with E-state index in [0.717, 1.165) is 12.0 Å². The standard InChI is InChI=1S/C12H16O2/c1-12(2,3)9-14-11-6-4-5-10(7-11)8-13/h4-8H,9H2,1-3H3. The maximum absolute atomic E-state index is 10.5. The van der Waals surface area contributed by atoms with Crippen molar-refractivity contribution in [1.82, 2.24) is 0 Å². The summed E-state index contributed by atoms with van der Waals surface area (Å²) < 4.78 is 5.55. The highest BCUT2D eigenvalue weighted by molar-refractivity contribution is 5.75. The molecule has 0 spiro atoms. The third-order valence-electron chi connectivity index (χ3n) is 1.67. The molecule has 14 heavy (non-hydrogen) atoms. The normalized spacial score (nSPS) is 11.1. The molecule has 1 aromatic carbocycles. The number of aldehydes is 1. The average molecular weight is 192 g/mol. The van der Waals surface area contributed by atoms with Crippen molar-refractivity contribution < 1.29 is 9.53 Å². The minimum atomic E-state index is 0.136. The Bertz CT molecular complexity index is 310. The molecule has 0 aliphatic rings. The van der Waals surface area contributed by atoms with E-state index in [1.807, 2.05) is 12.1 Å². The van der Waals surface area contributed by atoms with Gasteiger partial charge in [-0.1, -0.05) is 32.9 Å². The van der Waals surface area contributed by atoms with Crippen LogP contribution in [0.5, 0.6) is 5.75 Å². The van der Waals surface area contributed by atoms with Crippen LogP contribution in [-0.4, -0.2) is 12.9 Å². The molecule has 0 radical (unpaired) electrons. The van der Waals surface area contributed by atoms with Gasteiger partial charge in [0.1, 0.15) is 12.0 Å². The average Bonchev–Trinajstić information content (AvgIpc) is 2.14. The molecule has 0 aliphatic carbocycles. The Morgan fingerprint density at radius 3 is 2.64 bits per heavy atom. The van der Waals surface area contributed by atoms with Crippen LogP contribution in [0.15, 0.2) is 24.3 Å². The van der Waals surface area contributed by atoms with Gasteiger partial charge < -0.3 is 4.74 Å². The molecule has 76 valence electrons. The van der Waals surface area contributed by atoms with Gasteiger partial charge in [0.15, 0.2) is 0 Å². The second-order valence-corrected chi connectivity index (χ2v) is 4.54. The molecule has 0 aromatic heterocycles. The lowest BCUT2D eigenvalue weighted by atomic mass is 9.99. The first-order valence-electron chi connectivity index (χ1n) is 4.69. The molecule has 0 fully saturated rings. The Hall–Kier alpha value is -1.31. The van der Waals surface area contributed by atoms with Crippen molar-refractivity contribution in [2.45, 2.75) is 20.8 Å². The molecule has 0 bridgehead atoms. The van der Waals surface area contributed by atoms with Crippen LogP contribution in [0.25, 0.3) is 0 Å². The van der Waals surface area contributed by atoms with Crippen LogP contribution in [0.1, 0.15) is 31.1 Å². The van der Waals surface area contributed by atoms with E-state index in [0.29, 0.717) is 12.2 Å². The molecule has 0 saturated heterocycles. The zero-order valence-corrected chi connectivity index (χ0v) is 8.91. The summed E-state index contributed by atoms with van der Waals surface area (Å²) in [5, 5.41) is 0. The molecule has 0 amide bonds. The van der Waals surface area contributed by atoms with Crippen LogP contribution < -0.4 is 4.74 Å². The summed E-state index contributed by atoms with van der Waals surface area (Å²) in [6.07, 6.45) is 0.823. The van der Waals surface area contributed by atoms with Gasteiger partial charge in [-0.15, -0.1) is 0 Å². The number of hydrogen-bond acceptors (Lipinski definition) is 2. The summed E-state index contributed by atoms with van der Waals surface area (Å²) in [7, 11) is 0. The second-order valence-electron chi connectivity index (χ2n) is 4.54. The number of hydrogen-bond donors (Lipinski definition) is 0. The number of ether oxygens (including phenoxy) is 1. The summed E-state index contributed by atoms with van der Waals surface area (Å²) in [6, 6.07) is 7.19. The van der Waals surface area contributed by atoms with E-state index >= 15 is 0 Å². The number of rotatable bonds is 3. The highest BCUT2D eigenvalue weighted by atomic mass is 16.5. The zero-order chi connectivity index (χ0) is 10.6. The molecule has 0 N–H and O–H groups in total. The number of carbonyl (C=O) groups excluding carboxylic acids is 1. The maximum atomic E-state index is 10.5. The van der Waals surface area contributed by atoms with Crippen molar-refractivity contribution in [1.29, 1.82) is 0 Å². The molecule has 1 rings (SSSR count). The van der Waals surface area contributed by atoms with Gasteiger partial charge in [-0.25, -0.2) is 0 Å². The monoisotopic (exact) mass is 192 g/mol. The fourth-order valence-corrected chi connectivity index (χ4v) is 0.977.